The fourth-order valence-corrected chi connectivity index (χ4v) is 6.24. The van der Waals surface area contributed by atoms with Crippen molar-refractivity contribution in [1.82, 2.24) is 29.3 Å². The summed E-state index contributed by atoms with van der Waals surface area (Å²) in [4.78, 5) is 44.5. The van der Waals surface area contributed by atoms with Crippen molar-refractivity contribution in [2.45, 2.75) is 136 Å². The van der Waals surface area contributed by atoms with E-state index in [2.05, 4.69) is 60.3 Å². The number of ether oxygens (including phenoxy) is 4. The van der Waals surface area contributed by atoms with E-state index >= 15 is 0 Å². The Kier molecular flexibility index (Phi) is 33.8. The van der Waals surface area contributed by atoms with Crippen LogP contribution in [0.2, 0.25) is 0 Å². The molecule has 0 radical (unpaired) electrons. The molecule has 3 aromatic heterocycles. The summed E-state index contributed by atoms with van der Waals surface area (Å²) >= 11 is 0. The molecule has 0 bridgehead atoms. The van der Waals surface area contributed by atoms with Gasteiger partial charge in [-0.05, 0) is 50.7 Å². The molecule has 4 heterocycles. The zero-order valence-electron chi connectivity index (χ0n) is 44.5. The van der Waals surface area contributed by atoms with Crippen molar-refractivity contribution in [3.05, 3.63) is 33.8 Å². The highest BCUT2D eigenvalue weighted by molar-refractivity contribution is 5.97. The molecule has 1 aliphatic rings. The molecule has 9 N–H and O–H groups in total. The van der Waals surface area contributed by atoms with Gasteiger partial charge in [-0.15, -0.1) is 0 Å². The van der Waals surface area contributed by atoms with Gasteiger partial charge >= 0.3 is 48.6 Å². The number of aromatic nitrogens is 6. The van der Waals surface area contributed by atoms with Gasteiger partial charge in [0, 0.05) is 39.4 Å². The van der Waals surface area contributed by atoms with Crippen molar-refractivity contribution in [3.8, 4) is 6.07 Å². The number of carbonyl (C=O) groups excluding carboxylic acids is 4. The molecule has 0 saturated carbocycles. The number of aliphatic hydroxyl groups excluding tert-OH is 2. The maximum absolute atomic E-state index is 12.7. The smallest absolute Gasteiger partial charge is 0.436 e. The number of nitrogens with zero attached hydrogens (tertiary/aromatic N) is 7. The minimum absolute atomic E-state index is 0.0254. The largest absolute Gasteiger partial charge is 0.844 e. The van der Waals surface area contributed by atoms with Gasteiger partial charge in [0.25, 0.3) is 0 Å². The minimum Gasteiger partial charge on any atom is -0.844 e. The number of rotatable bonds is 17. The average Bonchev–Trinajstić information content (AvgIpc) is 4.08. The Morgan fingerprint density at radius 3 is 1.38 bits per heavy atom. The van der Waals surface area contributed by atoms with Crippen LogP contribution < -0.4 is 27.6 Å². The number of fused-ring (bicyclic) bond motifs is 1. The van der Waals surface area contributed by atoms with E-state index < -0.39 is 100 Å². The summed E-state index contributed by atoms with van der Waals surface area (Å²) in [6, 6.07) is 0.952. The standard InChI is InChI=1S/C10H14F3N3O2.C9H12F3N3O3.C9H10F3N3O2.C7H16.C6H5F3NO3.C4H11NO/c1-3-4-5-16-8(14)6(9(17)18-2)7(15-16)10(11,12)13;1-18-8(17)5-6(9(10,11)12)14-15(7(5)13)3-2-4-16;1-17-8(16)5-6(9(10,11)12)14-15-4-2-3-13-7(5)15;1-4-7(5-2)6-3;1-13-5(12)3(2-10)4(11)6(7,8)9;5-3-1-2-4-6/h3-5,14H2,1-2H3;16H,2-4,13H2,1H3;13H,2-4H2,1H3;7H,4-6H2,1-3H3;3-4H,1H3;6H,1-5H2/q;;;;-1;. The molecule has 0 aromatic carbocycles. The van der Waals surface area contributed by atoms with Crippen LogP contribution in [0.4, 0.5) is 70.1 Å². The van der Waals surface area contributed by atoms with Gasteiger partial charge in [0.05, 0.1) is 34.5 Å². The van der Waals surface area contributed by atoms with E-state index in [1.807, 2.05) is 6.92 Å². The SMILES string of the molecule is CCC(CC)CC.CCCCn1nc(C(F)(F)F)c(C(=O)OC)c1N.COC(=O)C(C#N)C([O-])C(F)(F)F.COC(=O)c1c(C(F)(F)F)nn(CCCO)c1N.COC(=O)c1c(C(F)(F)F)nn2c1NCCC2.NCCCCO. The number of aryl methyl sites for hydroxylation is 3. The summed E-state index contributed by atoms with van der Waals surface area (Å²) in [5.41, 5.74) is 10.1. The topological polar surface area (TPSA) is 336 Å². The Bertz CT molecular complexity index is 2250. The van der Waals surface area contributed by atoms with E-state index in [4.69, 9.17) is 32.7 Å². The normalized spacial score (nSPS) is 12.7. The Labute approximate surface area is 446 Å². The van der Waals surface area contributed by atoms with Crippen LogP contribution in [0.15, 0.2) is 0 Å². The highest BCUT2D eigenvalue weighted by Gasteiger charge is 2.45. The number of halogens is 12. The number of alkyl halides is 12. The molecule has 0 fully saturated rings. The maximum atomic E-state index is 12.7. The Morgan fingerprint density at radius 1 is 0.671 bits per heavy atom. The molecule has 454 valence electrons. The molecule has 2 unspecified atom stereocenters. The highest BCUT2D eigenvalue weighted by Crippen LogP contribution is 2.37. The van der Waals surface area contributed by atoms with Crippen LogP contribution in [0.25, 0.3) is 0 Å². The quantitative estimate of drug-likeness (QED) is 0.0370. The van der Waals surface area contributed by atoms with Crippen LogP contribution in [0.1, 0.15) is 134 Å². The van der Waals surface area contributed by atoms with Gasteiger partial charge in [-0.25, -0.2) is 28.4 Å². The molecule has 22 nitrogen and oxygen atoms in total. The van der Waals surface area contributed by atoms with E-state index in [0.29, 0.717) is 32.5 Å². The number of esters is 4. The van der Waals surface area contributed by atoms with E-state index in [9.17, 15) is 77.0 Å². The van der Waals surface area contributed by atoms with Gasteiger partial charge in [0.1, 0.15) is 40.1 Å². The summed E-state index contributed by atoms with van der Waals surface area (Å²) in [5, 5.41) is 48.1. The van der Waals surface area contributed by atoms with Crippen LogP contribution in [0, 0.1) is 23.2 Å². The molecule has 0 amide bonds. The number of anilines is 3. The van der Waals surface area contributed by atoms with Crippen molar-refractivity contribution in [3.63, 3.8) is 0 Å². The number of aliphatic hydroxyl groups is 2. The number of hydrogen-bond acceptors (Lipinski definition) is 19. The molecule has 0 saturated heterocycles. The summed E-state index contributed by atoms with van der Waals surface area (Å²) < 4.78 is 169. The van der Waals surface area contributed by atoms with Gasteiger partial charge in [0.15, 0.2) is 17.1 Å². The summed E-state index contributed by atoms with van der Waals surface area (Å²) in [6.07, 6.45) is -14.5. The predicted molar refractivity (Wildman–Crippen MR) is 255 cm³/mol. The number of unbranched alkanes of at least 4 members (excludes halogenated alkanes) is 2. The molecule has 1 aliphatic heterocycles. The maximum Gasteiger partial charge on any atom is 0.436 e. The number of nitrogens with two attached hydrogens (primary N) is 3. The fourth-order valence-electron chi connectivity index (χ4n) is 6.24. The molecule has 2 atom stereocenters. The summed E-state index contributed by atoms with van der Waals surface area (Å²) in [6.45, 7) is 10.5. The third-order valence-corrected chi connectivity index (χ3v) is 10.6. The summed E-state index contributed by atoms with van der Waals surface area (Å²) in [5.74, 6) is -6.86. The average molecular weight is 1170 g/mol. The van der Waals surface area contributed by atoms with Crippen LogP contribution >= 0.6 is 0 Å². The zero-order valence-corrected chi connectivity index (χ0v) is 44.5. The van der Waals surface area contributed by atoms with Gasteiger partial charge < -0.3 is 56.8 Å². The first kappa shape index (κ1) is 74.5. The number of nitriles is 1. The van der Waals surface area contributed by atoms with Gasteiger partial charge in [0.2, 0.25) is 0 Å². The van der Waals surface area contributed by atoms with E-state index in [0.717, 1.165) is 73.7 Å². The van der Waals surface area contributed by atoms with E-state index in [1.54, 1.807) is 0 Å². The molecular formula is C45H68F12N11O11-. The second-order valence-electron chi connectivity index (χ2n) is 16.0. The second-order valence-corrected chi connectivity index (χ2v) is 16.0. The van der Waals surface area contributed by atoms with Gasteiger partial charge in [-0.1, -0.05) is 53.4 Å². The Hall–Kier alpha value is -6.60. The molecule has 4 rings (SSSR count). The molecule has 79 heavy (non-hydrogen) atoms. The minimum atomic E-state index is -5.12. The molecule has 34 heteroatoms. The van der Waals surface area contributed by atoms with Crippen LogP contribution in [0.3, 0.4) is 0 Å². The lowest BCUT2D eigenvalue weighted by atomic mass is 10.0. The lowest BCUT2D eigenvalue weighted by Crippen LogP contribution is -2.49. The van der Waals surface area contributed by atoms with Crippen molar-refractivity contribution in [1.29, 1.82) is 5.26 Å². The Morgan fingerprint density at radius 2 is 1.08 bits per heavy atom. The third kappa shape index (κ3) is 24.1. The van der Waals surface area contributed by atoms with Crippen molar-refractivity contribution >= 4 is 41.3 Å². The second kappa shape index (κ2) is 35.8. The molecule has 0 aliphatic carbocycles. The van der Waals surface area contributed by atoms with Crippen LogP contribution in [0.5, 0.6) is 0 Å². The number of carbonyl (C=O) groups is 4. The van der Waals surface area contributed by atoms with Crippen molar-refractivity contribution in [2.75, 3.05) is 71.5 Å². The number of methoxy groups -OCH3 is 4. The van der Waals surface area contributed by atoms with Crippen LogP contribution in [-0.4, -0.2) is 130 Å². The Balaban J connectivity index is 0. The van der Waals surface area contributed by atoms with E-state index in [1.165, 1.54) is 19.3 Å². The molecule has 3 aromatic rings. The molecule has 0 spiro atoms. The first-order valence-corrected chi connectivity index (χ1v) is 23.9. The van der Waals surface area contributed by atoms with Gasteiger partial charge in [-0.3, -0.25) is 4.79 Å². The molecular weight excluding hydrogens is 1100 g/mol. The van der Waals surface area contributed by atoms with Crippen molar-refractivity contribution in [2.24, 2.45) is 17.6 Å². The van der Waals surface area contributed by atoms with Gasteiger partial charge in [-0.2, -0.15) is 73.2 Å². The zero-order chi connectivity index (χ0) is 61.6. The first-order chi connectivity index (χ1) is 36.7. The van der Waals surface area contributed by atoms with Crippen molar-refractivity contribution < 1.29 is 106 Å². The fraction of sp³-hybridized carbons (Fsp3) is 0.689. The lowest BCUT2D eigenvalue weighted by molar-refractivity contribution is -0.486. The van der Waals surface area contributed by atoms with Crippen LogP contribution in [-0.2, 0) is 61.9 Å². The number of hydrogen-bond donors (Lipinski definition) is 6. The first-order valence-electron chi connectivity index (χ1n) is 23.9. The predicted octanol–water partition coefficient (Wildman–Crippen LogP) is 6.37. The number of nitrogen functional groups attached to an aromatic ring is 2. The summed E-state index contributed by atoms with van der Waals surface area (Å²) in [7, 11) is 3.78. The lowest BCUT2D eigenvalue weighted by Gasteiger charge is -2.27. The third-order valence-electron chi connectivity index (χ3n) is 10.6. The monoisotopic (exact) mass is 1170 g/mol. The number of nitrogens with one attached hydrogen (secondary N) is 1. The highest BCUT2D eigenvalue weighted by atomic mass is 19.4. The van der Waals surface area contributed by atoms with E-state index in [-0.39, 0.29) is 44.4 Å².